The second kappa shape index (κ2) is 9.83. The molecular weight excluding hydrogens is 393 g/mol. The SMILES string of the molecule is C[NH+](CC(=O)Nc1ccccc1SCC(N)=O)Cc1cccc(Cl)c1Cl. The number of benzene rings is 2. The maximum Gasteiger partial charge on any atom is 0.279 e. The Bertz CT molecular complexity index is 802. The minimum atomic E-state index is -0.404. The van der Waals surface area contributed by atoms with Gasteiger partial charge in [0.15, 0.2) is 6.54 Å². The number of nitrogens with one attached hydrogen (secondary N) is 2. The molecule has 2 aromatic carbocycles. The van der Waals surface area contributed by atoms with Crippen LogP contribution < -0.4 is 16.0 Å². The van der Waals surface area contributed by atoms with Crippen molar-refractivity contribution in [1.29, 1.82) is 0 Å². The summed E-state index contributed by atoms with van der Waals surface area (Å²) in [5.74, 6) is -0.378. The number of thioether (sulfide) groups is 1. The van der Waals surface area contributed by atoms with Crippen LogP contribution in [0.4, 0.5) is 5.69 Å². The van der Waals surface area contributed by atoms with Crippen molar-refractivity contribution in [2.45, 2.75) is 11.4 Å². The Morgan fingerprint density at radius 1 is 1.15 bits per heavy atom. The normalized spacial score (nSPS) is 11.8. The molecule has 5 nitrogen and oxygen atoms in total. The highest BCUT2D eigenvalue weighted by atomic mass is 35.5. The highest BCUT2D eigenvalue weighted by molar-refractivity contribution is 8.00. The fraction of sp³-hybridized carbons (Fsp3) is 0.222. The Kier molecular flexibility index (Phi) is 7.78. The van der Waals surface area contributed by atoms with Crippen molar-refractivity contribution in [3.8, 4) is 0 Å². The highest BCUT2D eigenvalue weighted by Gasteiger charge is 2.15. The molecule has 0 saturated carbocycles. The number of hydrogen-bond donors (Lipinski definition) is 3. The topological polar surface area (TPSA) is 76.6 Å². The Morgan fingerprint density at radius 3 is 2.62 bits per heavy atom. The molecule has 2 amide bonds. The number of hydrogen-bond acceptors (Lipinski definition) is 3. The first-order valence-electron chi connectivity index (χ1n) is 7.91. The maximum absolute atomic E-state index is 12.4. The van der Waals surface area contributed by atoms with Crippen molar-refractivity contribution < 1.29 is 14.5 Å². The van der Waals surface area contributed by atoms with Gasteiger partial charge in [0.25, 0.3) is 5.91 Å². The van der Waals surface area contributed by atoms with Gasteiger partial charge in [-0.2, -0.15) is 0 Å². The van der Waals surface area contributed by atoms with Gasteiger partial charge in [-0.15, -0.1) is 11.8 Å². The lowest BCUT2D eigenvalue weighted by molar-refractivity contribution is -0.885. The number of primary amides is 1. The molecule has 2 rings (SSSR count). The maximum atomic E-state index is 12.4. The molecule has 0 aromatic heterocycles. The van der Waals surface area contributed by atoms with Crippen LogP contribution in [0.15, 0.2) is 47.4 Å². The average molecular weight is 413 g/mol. The van der Waals surface area contributed by atoms with Crippen LogP contribution in [0.3, 0.4) is 0 Å². The number of quaternary nitrogens is 1. The zero-order valence-corrected chi connectivity index (χ0v) is 16.5. The standard InChI is InChI=1S/C18H19Cl2N3O2S/c1-23(9-12-5-4-6-13(19)18(12)20)10-17(25)22-14-7-2-3-8-15(14)26-11-16(21)24/h2-8H,9-11H2,1H3,(H2,21,24)(H,22,25)/p+1. The van der Waals surface area contributed by atoms with Crippen molar-refractivity contribution in [2.24, 2.45) is 5.73 Å². The van der Waals surface area contributed by atoms with Gasteiger partial charge in [-0.25, -0.2) is 0 Å². The van der Waals surface area contributed by atoms with E-state index in [0.29, 0.717) is 22.3 Å². The minimum absolute atomic E-state index is 0.132. The predicted octanol–water partition coefficient (Wildman–Crippen LogP) is 2.22. The molecule has 4 N–H and O–H groups in total. The summed E-state index contributed by atoms with van der Waals surface area (Å²) in [6.07, 6.45) is 0. The van der Waals surface area contributed by atoms with E-state index in [1.54, 1.807) is 12.1 Å². The molecule has 0 radical (unpaired) electrons. The lowest BCUT2D eigenvalue weighted by Gasteiger charge is -2.16. The van der Waals surface area contributed by atoms with Crippen molar-refractivity contribution in [3.63, 3.8) is 0 Å². The number of halogens is 2. The van der Waals surface area contributed by atoms with Crippen LogP contribution in [0.2, 0.25) is 10.0 Å². The zero-order chi connectivity index (χ0) is 19.1. The van der Waals surface area contributed by atoms with Crippen molar-refractivity contribution >= 4 is 52.5 Å². The molecule has 26 heavy (non-hydrogen) atoms. The summed E-state index contributed by atoms with van der Waals surface area (Å²) in [5.41, 5.74) is 6.74. The molecule has 0 bridgehead atoms. The Morgan fingerprint density at radius 2 is 1.88 bits per heavy atom. The quantitative estimate of drug-likeness (QED) is 0.581. The van der Waals surface area contributed by atoms with Gasteiger partial charge in [0.05, 0.1) is 28.5 Å². The number of carbonyl (C=O) groups is 2. The molecule has 0 fully saturated rings. The van der Waals surface area contributed by atoms with Gasteiger partial charge in [0.2, 0.25) is 5.91 Å². The Balaban J connectivity index is 1.96. The number of para-hydroxylation sites is 1. The number of likely N-dealkylation sites (N-methyl/N-ethyl adjacent to an activating group) is 1. The molecule has 0 saturated heterocycles. The summed E-state index contributed by atoms with van der Waals surface area (Å²) < 4.78 is 0. The van der Waals surface area contributed by atoms with Crippen LogP contribution in [0.5, 0.6) is 0 Å². The molecule has 2 aromatic rings. The van der Waals surface area contributed by atoms with E-state index >= 15 is 0 Å². The zero-order valence-electron chi connectivity index (χ0n) is 14.2. The van der Waals surface area contributed by atoms with Gasteiger partial charge in [0, 0.05) is 10.5 Å². The monoisotopic (exact) mass is 412 g/mol. The fourth-order valence-electron chi connectivity index (χ4n) is 2.39. The molecule has 0 aliphatic heterocycles. The number of carbonyl (C=O) groups excluding carboxylic acids is 2. The summed E-state index contributed by atoms with van der Waals surface area (Å²) in [7, 11) is 1.91. The first kappa shape index (κ1) is 20.6. The van der Waals surface area contributed by atoms with Crippen molar-refractivity contribution in [2.75, 3.05) is 24.7 Å². The Hall–Kier alpha value is -1.73. The van der Waals surface area contributed by atoms with Gasteiger partial charge in [-0.05, 0) is 18.2 Å². The van der Waals surface area contributed by atoms with E-state index in [9.17, 15) is 9.59 Å². The highest BCUT2D eigenvalue weighted by Crippen LogP contribution is 2.26. The third kappa shape index (κ3) is 6.21. The van der Waals surface area contributed by atoms with Crippen LogP contribution in [0.1, 0.15) is 5.56 Å². The van der Waals surface area contributed by atoms with Gasteiger partial charge in [-0.1, -0.05) is 47.5 Å². The lowest BCUT2D eigenvalue weighted by Crippen LogP contribution is -3.08. The van der Waals surface area contributed by atoms with Crippen molar-refractivity contribution in [3.05, 3.63) is 58.1 Å². The molecule has 1 atom stereocenters. The number of nitrogens with two attached hydrogens (primary N) is 1. The van der Waals surface area contributed by atoms with E-state index in [4.69, 9.17) is 28.9 Å². The number of anilines is 1. The van der Waals surface area contributed by atoms with E-state index in [-0.39, 0.29) is 18.2 Å². The largest absolute Gasteiger partial charge is 0.369 e. The van der Waals surface area contributed by atoms with E-state index in [1.807, 2.05) is 37.4 Å². The van der Waals surface area contributed by atoms with Crippen LogP contribution in [-0.4, -0.2) is 31.2 Å². The van der Waals surface area contributed by atoms with E-state index < -0.39 is 5.91 Å². The molecule has 0 heterocycles. The fourth-order valence-corrected chi connectivity index (χ4v) is 3.52. The smallest absolute Gasteiger partial charge is 0.279 e. The second-order valence-corrected chi connectivity index (χ2v) is 7.63. The third-order valence-corrected chi connectivity index (χ3v) is 5.47. The number of rotatable bonds is 8. The van der Waals surface area contributed by atoms with Crippen molar-refractivity contribution in [1.82, 2.24) is 0 Å². The molecule has 138 valence electrons. The lowest BCUT2D eigenvalue weighted by atomic mass is 10.2. The number of amides is 2. The summed E-state index contributed by atoms with van der Waals surface area (Å²) >= 11 is 13.5. The van der Waals surface area contributed by atoms with Gasteiger partial charge >= 0.3 is 0 Å². The van der Waals surface area contributed by atoms with Crippen LogP contribution in [0, 0.1) is 0 Å². The van der Waals surface area contributed by atoms with Gasteiger partial charge in [-0.3, -0.25) is 9.59 Å². The molecule has 8 heteroatoms. The predicted molar refractivity (Wildman–Crippen MR) is 107 cm³/mol. The summed E-state index contributed by atoms with van der Waals surface area (Å²) in [6, 6.07) is 12.8. The van der Waals surface area contributed by atoms with Gasteiger partial charge < -0.3 is 16.0 Å². The average Bonchev–Trinajstić information content (AvgIpc) is 2.58. The third-order valence-electron chi connectivity index (χ3n) is 3.52. The molecule has 1 unspecified atom stereocenters. The summed E-state index contributed by atoms with van der Waals surface area (Å²) in [4.78, 5) is 25.1. The van der Waals surface area contributed by atoms with Crippen LogP contribution >= 0.6 is 35.0 Å². The second-order valence-electron chi connectivity index (χ2n) is 5.82. The minimum Gasteiger partial charge on any atom is -0.369 e. The van der Waals surface area contributed by atoms with E-state index in [2.05, 4.69) is 5.32 Å². The van der Waals surface area contributed by atoms with E-state index in [1.165, 1.54) is 11.8 Å². The first-order valence-corrected chi connectivity index (χ1v) is 9.65. The molecule has 0 aliphatic rings. The molecule has 0 aliphatic carbocycles. The first-order chi connectivity index (χ1) is 12.4. The molecular formula is C18H20Cl2N3O2S+. The van der Waals surface area contributed by atoms with E-state index in [0.717, 1.165) is 15.4 Å². The van der Waals surface area contributed by atoms with Gasteiger partial charge in [0.1, 0.15) is 6.54 Å². The Labute approximate surface area is 166 Å². The summed E-state index contributed by atoms with van der Waals surface area (Å²) in [5, 5.41) is 3.90. The van der Waals surface area contributed by atoms with Crippen LogP contribution in [0.25, 0.3) is 0 Å². The molecule has 0 spiro atoms. The van der Waals surface area contributed by atoms with Crippen LogP contribution in [-0.2, 0) is 16.1 Å². The summed E-state index contributed by atoms with van der Waals surface area (Å²) in [6.45, 7) is 0.836.